The molecule has 3 heterocycles. The Kier molecular flexibility index (Phi) is 3.88. The third-order valence-corrected chi connectivity index (χ3v) is 4.69. The topological polar surface area (TPSA) is 53.9 Å². The van der Waals surface area contributed by atoms with Gasteiger partial charge in [-0.25, -0.2) is 9.97 Å². The van der Waals surface area contributed by atoms with E-state index < -0.39 is 0 Å². The fourth-order valence-corrected chi connectivity index (χ4v) is 3.21. The summed E-state index contributed by atoms with van der Waals surface area (Å²) in [6.07, 6.45) is 6.61. The Morgan fingerprint density at radius 1 is 1.14 bits per heavy atom. The molecule has 0 saturated heterocycles. The number of anilines is 2. The van der Waals surface area contributed by atoms with Crippen molar-refractivity contribution < 1.29 is 0 Å². The van der Waals surface area contributed by atoms with E-state index in [9.17, 15) is 0 Å². The minimum absolute atomic E-state index is 0.792. The minimum atomic E-state index is 0.792. The molecule has 0 radical (unpaired) electrons. The molecule has 1 aliphatic rings. The molecular formula is C15H19N5S. The molecule has 6 heteroatoms. The van der Waals surface area contributed by atoms with Crippen molar-refractivity contribution in [2.45, 2.75) is 20.3 Å². The van der Waals surface area contributed by atoms with Crippen LogP contribution in [0.4, 0.5) is 10.9 Å². The first-order chi connectivity index (χ1) is 10.2. The monoisotopic (exact) mass is 301 g/mol. The summed E-state index contributed by atoms with van der Waals surface area (Å²) < 4.78 is 0. The van der Waals surface area contributed by atoms with Crippen molar-refractivity contribution in [1.29, 1.82) is 0 Å². The quantitative estimate of drug-likeness (QED) is 0.944. The summed E-state index contributed by atoms with van der Waals surface area (Å²) >= 11 is 1.74. The SMILES string of the molecule is CNc1cnc(C2=C(C)CCN(c3ncc(C)s3)C2)cn1. The molecule has 0 spiro atoms. The Morgan fingerprint density at radius 2 is 2.00 bits per heavy atom. The van der Waals surface area contributed by atoms with Gasteiger partial charge in [0, 0.05) is 31.2 Å². The van der Waals surface area contributed by atoms with Crippen LogP contribution in [0.5, 0.6) is 0 Å². The van der Waals surface area contributed by atoms with E-state index >= 15 is 0 Å². The van der Waals surface area contributed by atoms with Gasteiger partial charge in [-0.3, -0.25) is 4.98 Å². The fraction of sp³-hybridized carbons (Fsp3) is 0.400. The van der Waals surface area contributed by atoms with Gasteiger partial charge in [-0.15, -0.1) is 11.3 Å². The molecule has 0 aliphatic carbocycles. The van der Waals surface area contributed by atoms with Gasteiger partial charge >= 0.3 is 0 Å². The van der Waals surface area contributed by atoms with Crippen molar-refractivity contribution in [1.82, 2.24) is 15.0 Å². The lowest BCUT2D eigenvalue weighted by molar-refractivity contribution is 0.792. The predicted octanol–water partition coefficient (Wildman–Crippen LogP) is 2.97. The average Bonchev–Trinajstić information content (AvgIpc) is 2.94. The van der Waals surface area contributed by atoms with Gasteiger partial charge in [0.1, 0.15) is 5.82 Å². The summed E-state index contributed by atoms with van der Waals surface area (Å²) in [4.78, 5) is 17.0. The Labute approximate surface area is 128 Å². The normalized spacial score (nSPS) is 15.5. The third-order valence-electron chi connectivity index (χ3n) is 3.72. The highest BCUT2D eigenvalue weighted by Gasteiger charge is 2.21. The van der Waals surface area contributed by atoms with Crippen LogP contribution in [-0.4, -0.2) is 35.1 Å². The first-order valence-corrected chi connectivity index (χ1v) is 7.85. The van der Waals surface area contributed by atoms with Crippen LogP contribution in [0, 0.1) is 6.92 Å². The van der Waals surface area contributed by atoms with E-state index in [-0.39, 0.29) is 0 Å². The maximum absolute atomic E-state index is 4.53. The maximum atomic E-state index is 4.53. The molecule has 2 aromatic rings. The molecule has 5 nitrogen and oxygen atoms in total. The van der Waals surface area contributed by atoms with Gasteiger partial charge in [0.05, 0.1) is 18.1 Å². The fourth-order valence-electron chi connectivity index (χ4n) is 2.42. The Bertz CT molecular complexity index is 659. The second-order valence-electron chi connectivity index (χ2n) is 5.22. The van der Waals surface area contributed by atoms with Crippen LogP contribution in [0.15, 0.2) is 24.2 Å². The van der Waals surface area contributed by atoms with Gasteiger partial charge in [-0.05, 0) is 25.8 Å². The molecule has 0 fully saturated rings. The van der Waals surface area contributed by atoms with Crippen LogP contribution in [-0.2, 0) is 0 Å². The van der Waals surface area contributed by atoms with Crippen LogP contribution in [0.3, 0.4) is 0 Å². The van der Waals surface area contributed by atoms with Gasteiger partial charge in [-0.1, -0.05) is 5.57 Å². The number of nitrogens with zero attached hydrogens (tertiary/aromatic N) is 4. The lowest BCUT2D eigenvalue weighted by Gasteiger charge is -2.29. The number of thiazole rings is 1. The Morgan fingerprint density at radius 3 is 2.62 bits per heavy atom. The number of hydrogen-bond donors (Lipinski definition) is 1. The highest BCUT2D eigenvalue weighted by atomic mass is 32.1. The van der Waals surface area contributed by atoms with Gasteiger partial charge in [0.15, 0.2) is 5.13 Å². The first kappa shape index (κ1) is 14.0. The summed E-state index contributed by atoms with van der Waals surface area (Å²) in [7, 11) is 1.85. The standard InChI is InChI=1S/C15H19N5S/c1-10-4-5-20(15-19-6-11(2)21-15)9-12(10)13-7-18-14(16-3)8-17-13/h6-8H,4-5,9H2,1-3H3,(H,16,18). The van der Waals surface area contributed by atoms with E-state index in [1.807, 2.05) is 19.4 Å². The number of aromatic nitrogens is 3. The van der Waals surface area contributed by atoms with E-state index in [2.05, 4.69) is 39.0 Å². The van der Waals surface area contributed by atoms with Crippen LogP contribution in [0.2, 0.25) is 0 Å². The summed E-state index contributed by atoms with van der Waals surface area (Å²) in [5.41, 5.74) is 3.62. The van der Waals surface area contributed by atoms with E-state index in [1.165, 1.54) is 16.0 Å². The summed E-state index contributed by atoms with van der Waals surface area (Å²) in [6.45, 7) is 6.15. The van der Waals surface area contributed by atoms with Crippen molar-refractivity contribution in [2.75, 3.05) is 30.4 Å². The Balaban J connectivity index is 1.86. The zero-order chi connectivity index (χ0) is 14.8. The number of nitrogens with one attached hydrogen (secondary N) is 1. The van der Waals surface area contributed by atoms with Crippen LogP contribution >= 0.6 is 11.3 Å². The van der Waals surface area contributed by atoms with Gasteiger partial charge < -0.3 is 10.2 Å². The smallest absolute Gasteiger partial charge is 0.185 e. The van der Waals surface area contributed by atoms with Crippen LogP contribution in [0.25, 0.3) is 5.57 Å². The van der Waals surface area contributed by atoms with E-state index in [0.717, 1.165) is 36.2 Å². The molecule has 0 amide bonds. The highest BCUT2D eigenvalue weighted by molar-refractivity contribution is 7.15. The zero-order valence-electron chi connectivity index (χ0n) is 12.6. The predicted molar refractivity (Wildman–Crippen MR) is 87.9 cm³/mol. The molecular weight excluding hydrogens is 282 g/mol. The van der Waals surface area contributed by atoms with Crippen LogP contribution in [0.1, 0.15) is 23.9 Å². The molecule has 110 valence electrons. The Hall–Kier alpha value is -1.95. The first-order valence-electron chi connectivity index (χ1n) is 7.03. The van der Waals surface area contributed by atoms with Crippen molar-refractivity contribution in [2.24, 2.45) is 0 Å². The van der Waals surface area contributed by atoms with Crippen LogP contribution < -0.4 is 10.2 Å². The summed E-state index contributed by atoms with van der Waals surface area (Å²) in [6, 6.07) is 0. The van der Waals surface area contributed by atoms with Crippen molar-refractivity contribution >= 4 is 27.9 Å². The van der Waals surface area contributed by atoms with E-state index in [0.29, 0.717) is 0 Å². The van der Waals surface area contributed by atoms with E-state index in [4.69, 9.17) is 0 Å². The molecule has 21 heavy (non-hydrogen) atoms. The van der Waals surface area contributed by atoms with Crippen molar-refractivity contribution in [3.63, 3.8) is 0 Å². The summed E-state index contributed by atoms with van der Waals surface area (Å²) in [5, 5.41) is 4.09. The average molecular weight is 301 g/mol. The number of hydrogen-bond acceptors (Lipinski definition) is 6. The second kappa shape index (κ2) is 5.81. The molecule has 0 saturated carbocycles. The van der Waals surface area contributed by atoms with Gasteiger partial charge in [0.25, 0.3) is 0 Å². The van der Waals surface area contributed by atoms with E-state index in [1.54, 1.807) is 17.5 Å². The molecule has 1 N–H and O–H groups in total. The molecule has 0 bridgehead atoms. The lowest BCUT2D eigenvalue weighted by Crippen LogP contribution is -2.30. The number of rotatable bonds is 3. The molecule has 0 unspecified atom stereocenters. The third kappa shape index (κ3) is 2.90. The molecule has 0 atom stereocenters. The van der Waals surface area contributed by atoms with Crippen molar-refractivity contribution in [3.8, 4) is 0 Å². The van der Waals surface area contributed by atoms with Crippen molar-refractivity contribution in [3.05, 3.63) is 34.7 Å². The summed E-state index contributed by atoms with van der Waals surface area (Å²) in [5.74, 6) is 0.792. The zero-order valence-corrected chi connectivity index (χ0v) is 13.4. The van der Waals surface area contributed by atoms with Gasteiger partial charge in [-0.2, -0.15) is 0 Å². The molecule has 0 aromatic carbocycles. The highest BCUT2D eigenvalue weighted by Crippen LogP contribution is 2.30. The molecule has 3 rings (SSSR count). The second-order valence-corrected chi connectivity index (χ2v) is 6.43. The molecule has 1 aliphatic heterocycles. The largest absolute Gasteiger partial charge is 0.372 e. The number of aryl methyl sites for hydroxylation is 1. The van der Waals surface area contributed by atoms with Gasteiger partial charge in [0.2, 0.25) is 0 Å². The molecule has 2 aromatic heterocycles. The minimum Gasteiger partial charge on any atom is -0.372 e. The maximum Gasteiger partial charge on any atom is 0.185 e. The lowest BCUT2D eigenvalue weighted by atomic mass is 9.99.